The van der Waals surface area contributed by atoms with Crippen molar-refractivity contribution in [1.82, 2.24) is 9.80 Å². The van der Waals surface area contributed by atoms with E-state index >= 15 is 0 Å². The number of carbonyl (C=O) groups is 1. The van der Waals surface area contributed by atoms with Crippen molar-refractivity contribution in [3.05, 3.63) is 49.8 Å². The Kier molecular flexibility index (Phi) is 6.97. The first-order valence-corrected chi connectivity index (χ1v) is 11.8. The highest BCUT2D eigenvalue weighted by molar-refractivity contribution is 7.16. The van der Waals surface area contributed by atoms with Crippen LogP contribution in [0.25, 0.3) is 0 Å². The van der Waals surface area contributed by atoms with Crippen molar-refractivity contribution in [2.75, 3.05) is 38.0 Å². The lowest BCUT2D eigenvalue weighted by atomic mass is 9.96. The molecule has 5 nitrogen and oxygen atoms in total. The lowest BCUT2D eigenvalue weighted by molar-refractivity contribution is -0.117. The van der Waals surface area contributed by atoms with Gasteiger partial charge in [0.25, 0.3) is 0 Å². The zero-order valence-corrected chi connectivity index (χ0v) is 19.0. The van der Waals surface area contributed by atoms with Crippen molar-refractivity contribution in [1.29, 1.82) is 5.26 Å². The second kappa shape index (κ2) is 9.67. The summed E-state index contributed by atoms with van der Waals surface area (Å²) in [6, 6.07) is 7.88. The molecule has 0 saturated carbocycles. The Morgan fingerprint density at radius 1 is 1.10 bits per heavy atom. The van der Waals surface area contributed by atoms with E-state index in [0.717, 1.165) is 68.0 Å². The van der Waals surface area contributed by atoms with E-state index in [4.69, 9.17) is 23.2 Å². The molecule has 1 fully saturated rings. The number of nitriles is 1. The first-order chi connectivity index (χ1) is 14.5. The van der Waals surface area contributed by atoms with Crippen LogP contribution in [-0.4, -0.2) is 48.4 Å². The first-order valence-electron chi connectivity index (χ1n) is 10.3. The number of anilines is 1. The number of fused-ring (bicyclic) bond motifs is 1. The molecule has 0 unspecified atom stereocenters. The molecule has 0 atom stereocenters. The highest BCUT2D eigenvalue weighted by atomic mass is 35.5. The Morgan fingerprint density at radius 2 is 1.77 bits per heavy atom. The number of halogens is 2. The molecule has 1 aromatic carbocycles. The lowest BCUT2D eigenvalue weighted by Gasteiger charge is -2.34. The van der Waals surface area contributed by atoms with Gasteiger partial charge in [0, 0.05) is 53.2 Å². The molecular formula is C22H24Cl2N4OS. The monoisotopic (exact) mass is 462 g/mol. The lowest BCUT2D eigenvalue weighted by Crippen LogP contribution is -2.48. The minimum Gasteiger partial charge on any atom is -0.315 e. The Labute approximate surface area is 191 Å². The fourth-order valence-corrected chi connectivity index (χ4v) is 5.93. The van der Waals surface area contributed by atoms with Gasteiger partial charge in [0.1, 0.15) is 11.1 Å². The number of hydrogen-bond donors (Lipinski definition) is 1. The minimum atomic E-state index is -0.0484. The average molecular weight is 463 g/mol. The molecule has 1 amide bonds. The third kappa shape index (κ3) is 4.82. The van der Waals surface area contributed by atoms with Crippen molar-refractivity contribution in [2.24, 2.45) is 0 Å². The zero-order chi connectivity index (χ0) is 21.1. The van der Waals surface area contributed by atoms with Crippen molar-refractivity contribution in [3.8, 4) is 6.07 Å². The van der Waals surface area contributed by atoms with Gasteiger partial charge in [-0.3, -0.25) is 14.6 Å². The smallest absolute Gasteiger partial charge is 0.239 e. The van der Waals surface area contributed by atoms with E-state index < -0.39 is 0 Å². The summed E-state index contributed by atoms with van der Waals surface area (Å²) in [6.45, 7) is 4.37. The largest absolute Gasteiger partial charge is 0.315 e. The third-order valence-electron chi connectivity index (χ3n) is 5.81. The molecule has 4 rings (SSSR count). The van der Waals surface area contributed by atoms with Crippen LogP contribution < -0.4 is 5.32 Å². The van der Waals surface area contributed by atoms with Gasteiger partial charge in [-0.25, -0.2) is 0 Å². The van der Waals surface area contributed by atoms with Gasteiger partial charge in [-0.15, -0.1) is 11.3 Å². The van der Waals surface area contributed by atoms with Crippen molar-refractivity contribution in [3.63, 3.8) is 0 Å². The van der Waals surface area contributed by atoms with Crippen LogP contribution in [0.3, 0.4) is 0 Å². The number of nitrogens with zero attached hydrogens (tertiary/aromatic N) is 3. The van der Waals surface area contributed by atoms with Crippen LogP contribution in [0.2, 0.25) is 10.0 Å². The molecule has 158 valence electrons. The van der Waals surface area contributed by atoms with E-state index in [-0.39, 0.29) is 5.91 Å². The van der Waals surface area contributed by atoms with Gasteiger partial charge in [-0.1, -0.05) is 29.3 Å². The summed E-state index contributed by atoms with van der Waals surface area (Å²) in [4.78, 5) is 18.3. The summed E-state index contributed by atoms with van der Waals surface area (Å²) in [7, 11) is 0. The molecule has 0 radical (unpaired) electrons. The summed E-state index contributed by atoms with van der Waals surface area (Å²) in [5.74, 6) is -0.0484. The highest BCUT2D eigenvalue weighted by Gasteiger charge is 2.24. The molecule has 1 N–H and O–H groups in total. The molecule has 2 heterocycles. The molecule has 0 spiro atoms. The van der Waals surface area contributed by atoms with Gasteiger partial charge in [0.05, 0.1) is 12.1 Å². The molecule has 1 aliphatic carbocycles. The first kappa shape index (κ1) is 21.6. The summed E-state index contributed by atoms with van der Waals surface area (Å²) in [5, 5.41) is 14.7. The second-order valence-corrected chi connectivity index (χ2v) is 9.75. The highest BCUT2D eigenvalue weighted by Crippen LogP contribution is 2.37. The summed E-state index contributed by atoms with van der Waals surface area (Å²) in [6.07, 6.45) is 4.24. The number of rotatable bonds is 5. The number of carbonyl (C=O) groups excluding carboxylic acids is 1. The number of piperazine rings is 1. The maximum absolute atomic E-state index is 12.6. The van der Waals surface area contributed by atoms with Crippen molar-refractivity contribution in [2.45, 2.75) is 32.2 Å². The number of aryl methyl sites for hydroxylation is 1. The maximum atomic E-state index is 12.6. The Balaban J connectivity index is 1.30. The summed E-state index contributed by atoms with van der Waals surface area (Å²) >= 11 is 14.2. The topological polar surface area (TPSA) is 59.4 Å². The van der Waals surface area contributed by atoms with Crippen LogP contribution in [0.1, 0.15) is 34.4 Å². The van der Waals surface area contributed by atoms with Crippen LogP contribution >= 0.6 is 34.5 Å². The van der Waals surface area contributed by atoms with Crippen molar-refractivity contribution >= 4 is 45.4 Å². The number of hydrogen-bond acceptors (Lipinski definition) is 5. The number of nitrogens with one attached hydrogen (secondary N) is 1. The van der Waals surface area contributed by atoms with Crippen LogP contribution in [0.5, 0.6) is 0 Å². The Hall–Kier alpha value is -1.62. The molecular weight excluding hydrogens is 439 g/mol. The SMILES string of the molecule is N#Cc1c(NC(=O)CN2CCN(Cc3c(Cl)cccc3Cl)CC2)sc2c1CCCC2. The molecule has 0 bridgehead atoms. The quantitative estimate of drug-likeness (QED) is 0.706. The fourth-order valence-electron chi connectivity index (χ4n) is 4.15. The normalized spacial score (nSPS) is 17.4. The molecule has 30 heavy (non-hydrogen) atoms. The Morgan fingerprint density at radius 3 is 2.47 bits per heavy atom. The molecule has 2 aliphatic rings. The Bertz CT molecular complexity index is 956. The number of amides is 1. The molecule has 2 aromatic rings. The fraction of sp³-hybridized carbons (Fsp3) is 0.455. The predicted molar refractivity (Wildman–Crippen MR) is 122 cm³/mol. The number of benzene rings is 1. The van der Waals surface area contributed by atoms with Crippen molar-refractivity contribution < 1.29 is 4.79 Å². The van der Waals surface area contributed by atoms with E-state index in [1.165, 1.54) is 4.88 Å². The van der Waals surface area contributed by atoms with E-state index in [0.29, 0.717) is 28.7 Å². The zero-order valence-electron chi connectivity index (χ0n) is 16.7. The van der Waals surface area contributed by atoms with Gasteiger partial charge in [0.2, 0.25) is 5.91 Å². The van der Waals surface area contributed by atoms with E-state index in [9.17, 15) is 10.1 Å². The maximum Gasteiger partial charge on any atom is 0.239 e. The second-order valence-electron chi connectivity index (χ2n) is 7.83. The van der Waals surface area contributed by atoms with Crippen LogP contribution in [0.4, 0.5) is 5.00 Å². The standard InChI is InChI=1S/C22H24Cl2N4OS/c23-18-5-3-6-19(24)17(18)13-27-8-10-28(11-9-27)14-21(29)26-22-16(12-25)15-4-1-2-7-20(15)30-22/h3,5-6H,1-2,4,7-11,13-14H2,(H,26,29). The third-order valence-corrected chi connectivity index (χ3v) is 7.73. The van der Waals surface area contributed by atoms with Crippen LogP contribution in [-0.2, 0) is 24.2 Å². The molecule has 8 heteroatoms. The average Bonchev–Trinajstić information content (AvgIpc) is 3.08. The van der Waals surface area contributed by atoms with E-state index in [1.807, 2.05) is 18.2 Å². The van der Waals surface area contributed by atoms with Gasteiger partial charge in [-0.2, -0.15) is 5.26 Å². The van der Waals surface area contributed by atoms with Gasteiger partial charge in [-0.05, 0) is 43.4 Å². The molecule has 1 saturated heterocycles. The van der Waals surface area contributed by atoms with Gasteiger partial charge >= 0.3 is 0 Å². The summed E-state index contributed by atoms with van der Waals surface area (Å²) in [5.41, 5.74) is 2.78. The van der Waals surface area contributed by atoms with Gasteiger partial charge < -0.3 is 5.32 Å². The number of thiophene rings is 1. The van der Waals surface area contributed by atoms with E-state index in [2.05, 4.69) is 21.2 Å². The summed E-state index contributed by atoms with van der Waals surface area (Å²) < 4.78 is 0. The van der Waals surface area contributed by atoms with Gasteiger partial charge in [0.15, 0.2) is 0 Å². The minimum absolute atomic E-state index is 0.0484. The molecule has 1 aliphatic heterocycles. The van der Waals surface area contributed by atoms with Crippen LogP contribution in [0, 0.1) is 11.3 Å². The molecule has 1 aromatic heterocycles. The van der Waals surface area contributed by atoms with Crippen LogP contribution in [0.15, 0.2) is 18.2 Å². The van der Waals surface area contributed by atoms with E-state index in [1.54, 1.807) is 11.3 Å². The predicted octanol–water partition coefficient (Wildman–Crippen LogP) is 4.56.